The second-order valence-electron chi connectivity index (χ2n) is 22.3. The zero-order chi connectivity index (χ0) is 66.7. The van der Waals surface area contributed by atoms with Crippen molar-refractivity contribution in [1.29, 1.82) is 0 Å². The van der Waals surface area contributed by atoms with Crippen LogP contribution in [-0.4, -0.2) is 11.3 Å². The molecule has 4 heteroatoms. The first-order chi connectivity index (χ1) is 43.0. The maximum atomic E-state index is 10.0. The van der Waals surface area contributed by atoms with E-state index >= 15 is 0 Å². The Hall–Kier alpha value is -7.82. The largest absolute Gasteiger partial charge is 0.466 e. The fourth-order valence-corrected chi connectivity index (χ4v) is 11.1. The standard InChI is InChI=1S/C69H61BN2O/c1-67(2,3)47-30-33-50(34-31-47)71-59-42-49(69(7,8)9)41-55-53-35-36-54(61(45-25-17-12-18-26-45)52-28-20-19-27-51(52)44-23-15-11-16-24-44)62-56-40-48(68(4,5)6)32-37-58(56)72(64(53)62)70(63(55)59)66-65(71)57-39-46(29-38-60(57)73-66)43-21-13-10-14-22-43/h10-42,61H,1-9H3/i10D,11D,12D,13D,14D,15D,16D,17D,18D,19D,20D,21D,22D,23D,24D,25D,26D,27D,28D. The average Bonchev–Trinajstić information content (AvgIpc) is 1.44. The molecular weight excluding hydrogens is 884 g/mol. The lowest BCUT2D eigenvalue weighted by Crippen LogP contribution is -2.56. The summed E-state index contributed by atoms with van der Waals surface area (Å²) >= 11 is 0. The van der Waals surface area contributed by atoms with Crippen LogP contribution < -0.4 is 16.0 Å². The number of nitrogens with zero attached hydrogens (tertiary/aromatic N) is 2. The predicted octanol–water partition coefficient (Wildman–Crippen LogP) is 17.4. The minimum atomic E-state index is -1.76. The number of aromatic nitrogens is 1. The highest BCUT2D eigenvalue weighted by Gasteiger charge is 2.47. The van der Waals surface area contributed by atoms with E-state index in [-0.39, 0.29) is 28.6 Å². The van der Waals surface area contributed by atoms with Crippen LogP contribution in [0.3, 0.4) is 0 Å². The van der Waals surface area contributed by atoms with Gasteiger partial charge in [0.1, 0.15) is 11.2 Å². The first-order valence-electron chi connectivity index (χ1n) is 34.1. The van der Waals surface area contributed by atoms with Crippen LogP contribution in [0.4, 0.5) is 17.1 Å². The van der Waals surface area contributed by atoms with E-state index in [1.807, 2.05) is 24.3 Å². The van der Waals surface area contributed by atoms with Gasteiger partial charge in [0.05, 0.1) is 31.7 Å². The van der Waals surface area contributed by atoms with Crippen LogP contribution in [0, 0.1) is 0 Å². The van der Waals surface area contributed by atoms with Gasteiger partial charge in [-0.15, -0.1) is 0 Å². The van der Waals surface area contributed by atoms with Crippen molar-refractivity contribution in [3.05, 3.63) is 233 Å². The quantitative estimate of drug-likeness (QED) is 0.122. The Kier molecular flexibility index (Phi) is 6.50. The third kappa shape index (κ3) is 7.16. The van der Waals surface area contributed by atoms with Crippen LogP contribution in [-0.2, 0) is 16.2 Å². The van der Waals surface area contributed by atoms with Gasteiger partial charge in [-0.3, -0.25) is 0 Å². The molecule has 1 unspecified atom stereocenters. The fourth-order valence-electron chi connectivity index (χ4n) is 11.1. The van der Waals surface area contributed by atoms with Crippen LogP contribution in [0.25, 0.3) is 66.2 Å². The molecule has 3 nitrogen and oxygen atoms in total. The SMILES string of the molecule is [2H]c1c([2H])c([2H])c(-c2ccc3oc4c(c3c2)N(c2ccc(C(C)(C)C)cc2)c2cc(C(C)(C)C)cc3c2B4n2c4ccc(C(C)(C)C)cc4c4c(C(c5c([2H])c([2H])c([2H])c([2H])c5[2H])c5c([2H])c([2H])c([2H])c([2H])c5-c5c([2H])c([2H])c([2H])c([2H])c5[2H])ccc-3c42)c([2H])c1[2H]. The Morgan fingerprint density at radius 1 is 0.493 bits per heavy atom. The second kappa shape index (κ2) is 16.4. The number of hydrogen-bond acceptors (Lipinski definition) is 2. The zero-order valence-corrected chi connectivity index (χ0v) is 42.0. The molecule has 0 saturated carbocycles. The lowest BCUT2D eigenvalue weighted by molar-refractivity contribution is 0.590. The van der Waals surface area contributed by atoms with E-state index in [2.05, 4.69) is 108 Å². The van der Waals surface area contributed by atoms with Gasteiger partial charge in [-0.05, 0) is 125 Å². The van der Waals surface area contributed by atoms with Gasteiger partial charge in [-0.25, -0.2) is 0 Å². The highest BCUT2D eigenvalue weighted by atomic mass is 16.3. The van der Waals surface area contributed by atoms with E-state index in [4.69, 9.17) is 18.1 Å². The molecule has 0 bridgehead atoms. The average molecular weight is 964 g/mol. The smallest absolute Gasteiger partial charge is 0.375 e. The van der Waals surface area contributed by atoms with E-state index in [1.165, 1.54) is 0 Å². The molecule has 73 heavy (non-hydrogen) atoms. The summed E-state index contributed by atoms with van der Waals surface area (Å²) in [6, 6.07) is 14.6. The summed E-state index contributed by atoms with van der Waals surface area (Å²) in [5.41, 5.74) is 6.81. The summed E-state index contributed by atoms with van der Waals surface area (Å²) in [6.07, 6.45) is 0. The molecule has 13 rings (SSSR count). The summed E-state index contributed by atoms with van der Waals surface area (Å²) in [5.74, 6) is -1.76. The van der Waals surface area contributed by atoms with Crippen LogP contribution in [0.2, 0.25) is 0 Å². The number of fused-ring (bicyclic) bond motifs is 9. The van der Waals surface area contributed by atoms with Crippen molar-refractivity contribution >= 4 is 67.8 Å². The number of benzene rings is 9. The number of furan rings is 1. The molecule has 356 valence electrons. The summed E-state index contributed by atoms with van der Waals surface area (Å²) in [6.45, 7) is 18.1. The molecular formula is C69H61BN2O. The number of rotatable bonds is 6. The third-order valence-electron chi connectivity index (χ3n) is 14.7. The second-order valence-corrected chi connectivity index (χ2v) is 22.3. The molecule has 4 heterocycles. The van der Waals surface area contributed by atoms with Gasteiger partial charge in [0, 0.05) is 50.0 Å². The molecule has 1 atom stereocenters. The van der Waals surface area contributed by atoms with Gasteiger partial charge in [-0.2, -0.15) is 0 Å². The van der Waals surface area contributed by atoms with Crippen molar-refractivity contribution in [3.63, 3.8) is 0 Å². The van der Waals surface area contributed by atoms with E-state index in [9.17, 15) is 12.3 Å². The normalized spacial score (nSPS) is 17.4. The van der Waals surface area contributed by atoms with Crippen molar-refractivity contribution in [1.82, 2.24) is 4.48 Å². The fraction of sp³-hybridized carbons (Fsp3) is 0.188. The third-order valence-corrected chi connectivity index (χ3v) is 14.7. The molecule has 2 aliphatic rings. The molecule has 9 aromatic carbocycles. The number of hydrogen-bond donors (Lipinski definition) is 0. The lowest BCUT2D eigenvalue weighted by atomic mass is 9.47. The molecule has 0 aliphatic carbocycles. The Morgan fingerprint density at radius 3 is 1.81 bits per heavy atom. The minimum absolute atomic E-state index is 0.000932. The molecule has 2 aliphatic heterocycles. The highest BCUT2D eigenvalue weighted by molar-refractivity contribution is 6.89. The predicted molar refractivity (Wildman–Crippen MR) is 311 cm³/mol. The summed E-state index contributed by atoms with van der Waals surface area (Å²) < 4.78 is 183. The Balaban J connectivity index is 1.25. The van der Waals surface area contributed by atoms with Gasteiger partial charge >= 0.3 is 6.85 Å². The number of anilines is 3. The maximum Gasteiger partial charge on any atom is 0.375 e. The first kappa shape index (κ1) is 29.0. The zero-order valence-electron chi connectivity index (χ0n) is 61.0. The highest BCUT2D eigenvalue weighted by Crippen LogP contribution is 2.52. The monoisotopic (exact) mass is 964 g/mol. The van der Waals surface area contributed by atoms with Gasteiger partial charge < -0.3 is 13.8 Å². The van der Waals surface area contributed by atoms with Crippen molar-refractivity contribution < 1.29 is 30.5 Å². The molecule has 2 aromatic heterocycles. The van der Waals surface area contributed by atoms with E-state index < -0.39 is 149 Å². The molecule has 0 radical (unpaired) electrons. The summed E-state index contributed by atoms with van der Waals surface area (Å²) in [7, 11) is 0. The summed E-state index contributed by atoms with van der Waals surface area (Å²) in [4.78, 5) is 2.17. The van der Waals surface area contributed by atoms with Crippen molar-refractivity contribution in [2.75, 3.05) is 4.90 Å². The molecule has 0 amide bonds. The van der Waals surface area contributed by atoms with Crippen LogP contribution >= 0.6 is 0 Å². The first-order valence-corrected chi connectivity index (χ1v) is 24.6. The van der Waals surface area contributed by atoms with Gasteiger partial charge in [0.25, 0.3) is 0 Å². The molecule has 0 saturated heterocycles. The van der Waals surface area contributed by atoms with E-state index in [1.54, 1.807) is 24.3 Å². The van der Waals surface area contributed by atoms with E-state index in [0.29, 0.717) is 55.2 Å². The van der Waals surface area contributed by atoms with Crippen LogP contribution in [0.5, 0.6) is 0 Å². The molecule has 11 aromatic rings. The Labute approximate surface area is 457 Å². The maximum absolute atomic E-state index is 10.0. The minimum Gasteiger partial charge on any atom is -0.466 e. The van der Waals surface area contributed by atoms with Crippen LogP contribution in [0.1, 0.15) is 128 Å². The van der Waals surface area contributed by atoms with Gasteiger partial charge in [-0.1, -0.05) is 220 Å². The Bertz CT molecular complexity index is 5040. The van der Waals surface area contributed by atoms with Crippen molar-refractivity contribution in [2.24, 2.45) is 0 Å². The molecule has 0 spiro atoms. The Morgan fingerprint density at radius 2 is 1.12 bits per heavy atom. The topological polar surface area (TPSA) is 21.3 Å². The van der Waals surface area contributed by atoms with E-state index in [0.717, 1.165) is 39.1 Å². The van der Waals surface area contributed by atoms with Gasteiger partial charge in [0.2, 0.25) is 0 Å². The van der Waals surface area contributed by atoms with Crippen molar-refractivity contribution in [3.8, 4) is 33.4 Å². The van der Waals surface area contributed by atoms with Crippen molar-refractivity contribution in [2.45, 2.75) is 84.5 Å². The lowest BCUT2D eigenvalue weighted by Gasteiger charge is -2.39. The molecule has 0 fully saturated rings. The summed E-state index contributed by atoms with van der Waals surface area (Å²) in [5, 5.41) is 1.60. The van der Waals surface area contributed by atoms with Gasteiger partial charge in [0.15, 0.2) is 0 Å². The molecule has 0 N–H and O–H groups in total. The van der Waals surface area contributed by atoms with Crippen LogP contribution in [0.15, 0.2) is 204 Å².